The molecular formula is C50H56Br4N10O6Si2. The number of fused-ring (bicyclic) bond motifs is 8. The summed E-state index contributed by atoms with van der Waals surface area (Å²) in [7, 11) is -2.82. The van der Waals surface area contributed by atoms with E-state index in [1.807, 2.05) is 60.7 Å². The van der Waals surface area contributed by atoms with E-state index in [4.69, 9.17) is 19.5 Å². The maximum atomic E-state index is 15.5. The molecule has 8 heterocycles. The fourth-order valence-corrected chi connectivity index (χ4v) is 12.9. The Morgan fingerprint density at radius 2 is 0.972 bits per heavy atom. The van der Waals surface area contributed by atoms with Gasteiger partial charge < -0.3 is 18.6 Å². The van der Waals surface area contributed by atoms with Crippen LogP contribution in [0.3, 0.4) is 0 Å². The van der Waals surface area contributed by atoms with Gasteiger partial charge in [0.25, 0.3) is 22.9 Å². The van der Waals surface area contributed by atoms with E-state index in [0.29, 0.717) is 67.1 Å². The van der Waals surface area contributed by atoms with Crippen LogP contribution < -0.4 is 43.1 Å². The van der Waals surface area contributed by atoms with Gasteiger partial charge in [0.05, 0.1) is 48.2 Å². The molecular weight excluding hydrogens is 1210 g/mol. The van der Waals surface area contributed by atoms with Crippen molar-refractivity contribution in [2.75, 3.05) is 36.3 Å². The quantitative estimate of drug-likeness (QED) is 0.0976. The summed E-state index contributed by atoms with van der Waals surface area (Å²) in [6.45, 7) is 16.4. The molecule has 0 saturated carbocycles. The first-order chi connectivity index (χ1) is 34.3. The van der Waals surface area contributed by atoms with Gasteiger partial charge in [-0.05, 0) is 122 Å². The minimum atomic E-state index is -1.41. The maximum absolute atomic E-state index is 15.5. The number of imidazole rings is 2. The van der Waals surface area contributed by atoms with Crippen molar-refractivity contribution >= 4 is 104 Å². The van der Waals surface area contributed by atoms with Gasteiger partial charge in [-0.3, -0.25) is 28.3 Å². The van der Waals surface area contributed by atoms with E-state index in [-0.39, 0.29) is 73.3 Å². The van der Waals surface area contributed by atoms with Gasteiger partial charge in [0.15, 0.2) is 0 Å². The summed E-state index contributed by atoms with van der Waals surface area (Å²) in [6, 6.07) is 21.3. The van der Waals surface area contributed by atoms with E-state index in [0.717, 1.165) is 34.3 Å². The molecule has 378 valence electrons. The number of carbonyl (C=O) groups is 2. The molecule has 0 aliphatic carbocycles. The number of hydrogen-bond acceptors (Lipinski definition) is 8. The first-order valence-electron chi connectivity index (χ1n) is 24.1. The molecule has 0 radical (unpaired) electrons. The third kappa shape index (κ3) is 9.74. The molecule has 4 aromatic heterocycles. The average molecular weight is 1270 g/mol. The number of carbonyl (C=O) groups excluding carboxylic acids is 2. The Hall–Kier alpha value is -4.43. The van der Waals surface area contributed by atoms with E-state index in [1.54, 1.807) is 49.8 Å². The van der Waals surface area contributed by atoms with Crippen molar-refractivity contribution in [1.82, 2.24) is 27.6 Å². The molecule has 6 aromatic rings. The zero-order valence-corrected chi connectivity index (χ0v) is 49.3. The fraction of sp³-hybridized carbons (Fsp3) is 0.400. The largest absolute Gasteiger partial charge is 0.361 e. The van der Waals surface area contributed by atoms with Crippen LogP contribution in [0.25, 0.3) is 12.2 Å². The van der Waals surface area contributed by atoms with E-state index >= 15 is 9.59 Å². The Kier molecular flexibility index (Phi) is 14.2. The molecule has 72 heavy (non-hydrogen) atoms. The molecule has 0 bridgehead atoms. The summed E-state index contributed by atoms with van der Waals surface area (Å²) in [6.07, 6.45) is 3.79. The highest BCUT2D eigenvalue weighted by atomic mass is 79.9. The van der Waals surface area contributed by atoms with Crippen LogP contribution in [0.15, 0.2) is 98.4 Å². The van der Waals surface area contributed by atoms with Crippen LogP contribution in [-0.4, -0.2) is 81.9 Å². The van der Waals surface area contributed by atoms with Crippen molar-refractivity contribution in [3.8, 4) is 0 Å². The summed E-state index contributed by atoms with van der Waals surface area (Å²) in [5.74, 6) is -1.91. The van der Waals surface area contributed by atoms with E-state index in [2.05, 4.69) is 103 Å². The lowest BCUT2D eigenvalue weighted by atomic mass is 9.89. The Morgan fingerprint density at radius 3 is 1.35 bits per heavy atom. The molecule has 0 saturated heterocycles. The van der Waals surface area contributed by atoms with Crippen molar-refractivity contribution in [1.29, 1.82) is 0 Å². The molecule has 4 aliphatic rings. The minimum absolute atomic E-state index is 0.0768. The standard InChI is InChI=1S/C50H56Br4N10O6Si2/c1-71(2,3)17-15-69-29-59-39(21-37(51)43(59)53)47(67)61-27-35(19-41-45(65)57-25-33-13-9-7-11-31(33)23-55-49(57)63(41)61)36-20-42-46(66)58-26-34-14-10-8-12-32(34)24-56-50(58)64(42)62(28-36)48(68)40-22-38(52)44(54)60(40)30-70-16-18-72(4,5)6/h7-14,19-22,35-36H,15-18,23-30H2,1-6H3/t35-,36-/m0/s1. The van der Waals surface area contributed by atoms with E-state index < -0.39 is 28.0 Å². The summed E-state index contributed by atoms with van der Waals surface area (Å²) in [5.41, 5.74) is 4.66. The third-order valence-corrected chi connectivity index (χ3v) is 21.2. The van der Waals surface area contributed by atoms with Crippen LogP contribution in [-0.2, 0) is 49.1 Å². The topological polar surface area (TPSA) is 148 Å². The molecule has 16 nitrogen and oxygen atoms in total. The number of halogens is 4. The average Bonchev–Trinajstić information content (AvgIpc) is 3.86. The Morgan fingerprint density at radius 1 is 0.597 bits per heavy atom. The number of nitrogens with zero attached hydrogens (tertiary/aromatic N) is 10. The number of aromatic nitrogens is 6. The SMILES string of the molecule is C[Si](C)(C)CCOCn1c(C(=O)N2C[C@@H]([C@H]3C=c4c(=O)n5c(n4N(C(=O)c4cc(Br)c(Br)n4COCC[Si](C)(C)C)C3)=NCc3ccccc3C5)C=c3c(=O)n4c(n32)=NCc2ccccc2C4)cc(Br)c1Br. The zero-order valence-electron chi connectivity index (χ0n) is 41.0. The lowest BCUT2D eigenvalue weighted by Crippen LogP contribution is -2.61. The van der Waals surface area contributed by atoms with Gasteiger partial charge in [0.1, 0.15) is 44.8 Å². The Labute approximate surface area is 451 Å². The second kappa shape index (κ2) is 20.0. The second-order valence-corrected chi connectivity index (χ2v) is 35.7. The summed E-state index contributed by atoms with van der Waals surface area (Å²) in [4.78, 5) is 71.0. The third-order valence-electron chi connectivity index (χ3n) is 13.8. The fourth-order valence-electron chi connectivity index (χ4n) is 9.68. The van der Waals surface area contributed by atoms with Crippen LogP contribution in [0, 0.1) is 11.8 Å². The van der Waals surface area contributed by atoms with Gasteiger partial charge in [-0.15, -0.1) is 0 Å². The van der Waals surface area contributed by atoms with Crippen LogP contribution in [0.4, 0.5) is 0 Å². The van der Waals surface area contributed by atoms with Gasteiger partial charge in [-0.1, -0.05) is 87.8 Å². The molecule has 0 fully saturated rings. The molecule has 0 N–H and O–H groups in total. The Bertz CT molecular complexity index is 3330. The number of amides is 2. The van der Waals surface area contributed by atoms with Crippen LogP contribution in [0.2, 0.25) is 51.4 Å². The van der Waals surface area contributed by atoms with Gasteiger partial charge in [0, 0.05) is 41.2 Å². The lowest BCUT2D eigenvalue weighted by molar-refractivity contribution is 0.0774. The van der Waals surface area contributed by atoms with Crippen molar-refractivity contribution < 1.29 is 19.1 Å². The number of benzene rings is 2. The van der Waals surface area contributed by atoms with Crippen LogP contribution in [0.1, 0.15) is 43.2 Å². The first-order valence-corrected chi connectivity index (χ1v) is 34.6. The summed E-state index contributed by atoms with van der Waals surface area (Å²) < 4.78 is 25.2. The highest BCUT2D eigenvalue weighted by molar-refractivity contribution is 9.13. The number of ether oxygens (including phenoxy) is 2. The summed E-state index contributed by atoms with van der Waals surface area (Å²) >= 11 is 14.7. The minimum Gasteiger partial charge on any atom is -0.361 e. The molecule has 0 unspecified atom stereocenters. The summed E-state index contributed by atoms with van der Waals surface area (Å²) in [5, 5.41) is 3.73. The van der Waals surface area contributed by atoms with Gasteiger partial charge in [-0.2, -0.15) is 0 Å². The molecule has 2 atom stereocenters. The molecule has 0 spiro atoms. The van der Waals surface area contributed by atoms with Gasteiger partial charge in [0.2, 0.25) is 11.2 Å². The normalized spacial score (nSPS) is 17.2. The van der Waals surface area contributed by atoms with Crippen molar-refractivity contribution in [3.63, 3.8) is 0 Å². The van der Waals surface area contributed by atoms with Crippen LogP contribution >= 0.6 is 63.7 Å². The first kappa shape index (κ1) is 51.1. The highest BCUT2D eigenvalue weighted by Gasteiger charge is 2.39. The molecule has 2 aromatic carbocycles. The number of hydrogen-bond donors (Lipinski definition) is 0. The zero-order chi connectivity index (χ0) is 51.0. The lowest BCUT2D eigenvalue weighted by Gasteiger charge is -2.37. The molecule has 2 amide bonds. The smallest absolute Gasteiger partial charge is 0.289 e. The molecule has 10 rings (SSSR count). The maximum Gasteiger partial charge on any atom is 0.289 e. The van der Waals surface area contributed by atoms with Gasteiger partial charge >= 0.3 is 0 Å². The Balaban J connectivity index is 1.11. The predicted molar refractivity (Wildman–Crippen MR) is 296 cm³/mol. The van der Waals surface area contributed by atoms with Gasteiger partial charge in [-0.25, -0.2) is 29.4 Å². The molecule has 4 aliphatic heterocycles. The van der Waals surface area contributed by atoms with E-state index in [1.165, 1.54) is 0 Å². The number of rotatable bonds is 13. The van der Waals surface area contributed by atoms with E-state index in [9.17, 15) is 9.59 Å². The van der Waals surface area contributed by atoms with Crippen molar-refractivity contribution in [2.45, 2.75) is 91.0 Å². The molecule has 22 heteroatoms. The monoisotopic (exact) mass is 1260 g/mol. The second-order valence-electron chi connectivity index (χ2n) is 21.3. The van der Waals surface area contributed by atoms with Crippen molar-refractivity contribution in [3.05, 3.63) is 155 Å². The highest BCUT2D eigenvalue weighted by Crippen LogP contribution is 2.32. The van der Waals surface area contributed by atoms with Crippen molar-refractivity contribution in [2.24, 2.45) is 21.8 Å². The van der Waals surface area contributed by atoms with Crippen LogP contribution in [0.5, 0.6) is 0 Å². The predicted octanol–water partition coefficient (Wildman–Crippen LogP) is 6.33.